The Bertz CT molecular complexity index is 2180. The second-order valence-corrected chi connectivity index (χ2v) is 11.9. The molecule has 1 aliphatic rings. The zero-order valence-corrected chi connectivity index (χ0v) is 23.7. The fourth-order valence-electron chi connectivity index (χ4n) is 5.24. The molecular weight excluding hydrogens is 585 g/mol. The molecule has 0 bridgehead atoms. The van der Waals surface area contributed by atoms with E-state index in [0.29, 0.717) is 28.2 Å². The number of rotatable bonds is 4. The maximum atomic E-state index is 13.8. The Hall–Kier alpha value is -5.59. The van der Waals surface area contributed by atoms with Gasteiger partial charge in [-0.05, 0) is 0 Å². The number of aromatic nitrogens is 2. The topological polar surface area (TPSA) is 74.2 Å². The van der Waals surface area contributed by atoms with E-state index in [1.807, 2.05) is 126 Å². The van der Waals surface area contributed by atoms with Crippen molar-refractivity contribution in [2.75, 3.05) is 4.90 Å². The summed E-state index contributed by atoms with van der Waals surface area (Å²) in [6.07, 6.45) is 3.68. The summed E-state index contributed by atoms with van der Waals surface area (Å²) in [5.41, 5.74) is 3.63. The molecule has 6 nitrogen and oxygen atoms in total. The fourth-order valence-corrected chi connectivity index (χ4v) is 7.27. The Morgan fingerprint density at radius 2 is 1.57 bits per heavy atom. The van der Waals surface area contributed by atoms with Gasteiger partial charge in [0.15, 0.2) is 0 Å². The Balaban J connectivity index is 1.36. The Kier molecular flexibility index (Phi) is 6.30. The zero-order chi connectivity index (χ0) is 28.6. The Morgan fingerprint density at radius 3 is 2.31 bits per heavy atom. The first kappa shape index (κ1) is 25.4. The van der Waals surface area contributed by atoms with Crippen LogP contribution in [0, 0.1) is 17.9 Å². The van der Waals surface area contributed by atoms with Gasteiger partial charge >= 0.3 is 248 Å². The molecule has 42 heavy (non-hydrogen) atoms. The number of carbonyl (C=O) groups is 1. The minimum absolute atomic E-state index is 0.0848. The number of Topliss-reactive ketones (excluding diaryl/α,β-unsaturated/α-hetero) is 1. The SMILES string of the molecule is [C-]#[N+]/C(C#N)=C1\C(=C/c2ccc(N(c3ccccc3)c3ncc4ccccc4n3)[se]2)C(=O)c2cc3ccccc3cc21. The number of carbonyl (C=O) groups excluding carboxylic acids is 1. The first-order chi connectivity index (χ1) is 20.6. The number of allylic oxidation sites excluding steroid dienone is 3. The molecule has 4 aromatic carbocycles. The van der Waals surface area contributed by atoms with Crippen LogP contribution in [0.1, 0.15) is 20.4 Å². The molecule has 7 rings (SSSR count). The molecule has 0 saturated heterocycles. The van der Waals surface area contributed by atoms with E-state index in [9.17, 15) is 10.1 Å². The van der Waals surface area contributed by atoms with Crippen molar-refractivity contribution in [1.82, 2.24) is 9.97 Å². The number of nitriles is 1. The van der Waals surface area contributed by atoms with E-state index in [1.54, 1.807) is 0 Å². The molecule has 6 aromatic rings. The van der Waals surface area contributed by atoms with Gasteiger partial charge in [0, 0.05) is 0 Å². The number of fused-ring (bicyclic) bond motifs is 3. The minimum atomic E-state index is -0.215. The van der Waals surface area contributed by atoms with Gasteiger partial charge < -0.3 is 0 Å². The fraction of sp³-hybridized carbons (Fsp3) is 0. The monoisotopic (exact) mass is 605 g/mol. The second-order valence-electron chi connectivity index (χ2n) is 9.66. The second kappa shape index (κ2) is 10.4. The summed E-state index contributed by atoms with van der Waals surface area (Å²) in [4.78, 5) is 28.9. The molecule has 2 aromatic heterocycles. The Labute approximate surface area is 247 Å². The summed E-state index contributed by atoms with van der Waals surface area (Å²) in [7, 11) is 0. The number of ketones is 1. The van der Waals surface area contributed by atoms with Crippen LogP contribution in [0.15, 0.2) is 121 Å². The molecule has 196 valence electrons. The third-order valence-corrected chi connectivity index (χ3v) is 9.31. The molecule has 0 unspecified atom stereocenters. The van der Waals surface area contributed by atoms with E-state index in [2.05, 4.69) is 4.85 Å². The van der Waals surface area contributed by atoms with Crippen LogP contribution in [0.4, 0.5) is 16.2 Å². The average Bonchev–Trinajstić information content (AvgIpc) is 3.60. The molecular formula is C35H19N5OSe. The van der Waals surface area contributed by atoms with Gasteiger partial charge in [-0.1, -0.05) is 0 Å². The average molecular weight is 605 g/mol. The number of benzene rings is 4. The van der Waals surface area contributed by atoms with E-state index in [-0.39, 0.29) is 26.0 Å². The normalized spacial score (nSPS) is 14.5. The van der Waals surface area contributed by atoms with Crippen molar-refractivity contribution in [2.45, 2.75) is 0 Å². The summed E-state index contributed by atoms with van der Waals surface area (Å²) >= 11 is -0.215. The number of anilines is 3. The molecule has 0 fully saturated rings. The predicted molar refractivity (Wildman–Crippen MR) is 167 cm³/mol. The maximum absolute atomic E-state index is 13.8. The number of hydrogen-bond donors (Lipinski definition) is 0. The molecule has 7 heteroatoms. The summed E-state index contributed by atoms with van der Waals surface area (Å²) in [5, 5.41) is 12.7. The third-order valence-electron chi connectivity index (χ3n) is 7.18. The zero-order valence-electron chi connectivity index (χ0n) is 22.0. The molecule has 0 saturated carbocycles. The van der Waals surface area contributed by atoms with Crippen molar-refractivity contribution in [1.29, 1.82) is 5.26 Å². The van der Waals surface area contributed by atoms with E-state index in [4.69, 9.17) is 16.5 Å². The van der Waals surface area contributed by atoms with Crippen LogP contribution in [0.5, 0.6) is 0 Å². The molecule has 0 aliphatic heterocycles. The summed E-state index contributed by atoms with van der Waals surface area (Å²) in [6, 6.07) is 35.4. The van der Waals surface area contributed by atoms with Gasteiger partial charge in [0.05, 0.1) is 0 Å². The summed E-state index contributed by atoms with van der Waals surface area (Å²) in [6.45, 7) is 7.67. The molecule has 0 amide bonds. The van der Waals surface area contributed by atoms with Crippen molar-refractivity contribution in [3.8, 4) is 6.07 Å². The van der Waals surface area contributed by atoms with E-state index in [0.717, 1.165) is 36.4 Å². The van der Waals surface area contributed by atoms with Gasteiger partial charge in [0.25, 0.3) is 0 Å². The molecule has 0 spiro atoms. The Morgan fingerprint density at radius 1 is 0.881 bits per heavy atom. The standard InChI is InChI=1S/C35H19N5OSe/c1-37-31(20-36)33-27-17-22-9-5-6-10-23(22)18-28(27)34(41)29(33)19-26-15-16-32(42-26)40(25-12-3-2-4-13-25)35-38-21-24-11-7-8-14-30(24)39-35/h2-19,21H/b29-19+,33-31-. The summed E-state index contributed by atoms with van der Waals surface area (Å²) in [5.74, 6) is 0.386. The van der Waals surface area contributed by atoms with E-state index < -0.39 is 0 Å². The van der Waals surface area contributed by atoms with Crippen molar-refractivity contribution >= 4 is 69.8 Å². The van der Waals surface area contributed by atoms with Gasteiger partial charge in [-0.25, -0.2) is 0 Å². The van der Waals surface area contributed by atoms with Crippen LogP contribution in [0.3, 0.4) is 0 Å². The van der Waals surface area contributed by atoms with Crippen LogP contribution in [-0.4, -0.2) is 30.3 Å². The van der Waals surface area contributed by atoms with Crippen LogP contribution < -0.4 is 4.90 Å². The van der Waals surface area contributed by atoms with Gasteiger partial charge in [-0.2, -0.15) is 0 Å². The van der Waals surface area contributed by atoms with Gasteiger partial charge in [-0.3, -0.25) is 0 Å². The van der Waals surface area contributed by atoms with Crippen LogP contribution in [0.2, 0.25) is 0 Å². The first-order valence-corrected chi connectivity index (χ1v) is 14.8. The molecule has 0 N–H and O–H groups in total. The molecule has 0 radical (unpaired) electrons. The van der Waals surface area contributed by atoms with Crippen LogP contribution in [0.25, 0.3) is 38.2 Å². The number of hydrogen-bond acceptors (Lipinski definition) is 5. The predicted octanol–water partition coefficient (Wildman–Crippen LogP) is 7.74. The molecule has 2 heterocycles. The van der Waals surface area contributed by atoms with Gasteiger partial charge in [0.2, 0.25) is 0 Å². The van der Waals surface area contributed by atoms with Crippen LogP contribution in [-0.2, 0) is 0 Å². The summed E-state index contributed by atoms with van der Waals surface area (Å²) < 4.78 is 1.94. The number of para-hydroxylation sites is 2. The van der Waals surface area contributed by atoms with Crippen molar-refractivity contribution < 1.29 is 4.79 Å². The van der Waals surface area contributed by atoms with Gasteiger partial charge in [-0.15, -0.1) is 0 Å². The van der Waals surface area contributed by atoms with Crippen molar-refractivity contribution in [2.24, 2.45) is 0 Å². The van der Waals surface area contributed by atoms with E-state index >= 15 is 0 Å². The molecule has 1 aliphatic carbocycles. The van der Waals surface area contributed by atoms with Crippen molar-refractivity contribution in [3.05, 3.63) is 148 Å². The van der Waals surface area contributed by atoms with Crippen molar-refractivity contribution in [3.63, 3.8) is 0 Å². The quantitative estimate of drug-likeness (QED) is 0.0891. The van der Waals surface area contributed by atoms with E-state index in [1.165, 1.54) is 0 Å². The third kappa shape index (κ3) is 4.31. The first-order valence-electron chi connectivity index (χ1n) is 13.1. The molecule has 0 atom stereocenters. The van der Waals surface area contributed by atoms with Crippen LogP contribution >= 0.6 is 0 Å². The number of nitrogens with zero attached hydrogens (tertiary/aromatic N) is 5. The van der Waals surface area contributed by atoms with Gasteiger partial charge in [0.1, 0.15) is 0 Å².